The van der Waals surface area contributed by atoms with E-state index >= 15 is 0 Å². The third kappa shape index (κ3) is 3.85. The van der Waals surface area contributed by atoms with Gasteiger partial charge in [0.1, 0.15) is 11.5 Å². The minimum atomic E-state index is -0.575. The van der Waals surface area contributed by atoms with Crippen LogP contribution < -0.4 is 5.32 Å². The second kappa shape index (κ2) is 6.77. The number of thiazole rings is 1. The number of anilines is 1. The van der Waals surface area contributed by atoms with Gasteiger partial charge in [-0.2, -0.15) is 0 Å². The van der Waals surface area contributed by atoms with Gasteiger partial charge in [0.25, 0.3) is 5.91 Å². The molecule has 8 heteroatoms. The molecule has 0 spiro atoms. The highest BCUT2D eigenvalue weighted by molar-refractivity contribution is 9.10. The van der Waals surface area contributed by atoms with E-state index in [-0.39, 0.29) is 23.0 Å². The van der Waals surface area contributed by atoms with Crippen molar-refractivity contribution in [3.05, 3.63) is 44.6 Å². The van der Waals surface area contributed by atoms with Gasteiger partial charge in [0.15, 0.2) is 0 Å². The quantitative estimate of drug-likeness (QED) is 0.834. The van der Waals surface area contributed by atoms with Crippen LogP contribution in [0.4, 0.5) is 10.1 Å². The molecule has 21 heavy (non-hydrogen) atoms. The highest BCUT2D eigenvalue weighted by Crippen LogP contribution is 2.24. The molecule has 1 N–H and O–H groups in total. The van der Waals surface area contributed by atoms with E-state index in [1.807, 2.05) is 0 Å². The molecule has 1 aromatic carbocycles. The zero-order valence-corrected chi connectivity index (χ0v) is 13.3. The van der Waals surface area contributed by atoms with Crippen LogP contribution >= 0.6 is 27.3 Å². The van der Waals surface area contributed by atoms with Crippen molar-refractivity contribution >= 4 is 44.8 Å². The predicted molar refractivity (Wildman–Crippen MR) is 80.1 cm³/mol. The Morgan fingerprint density at radius 3 is 2.95 bits per heavy atom. The fourth-order valence-electron chi connectivity index (χ4n) is 1.44. The Bertz CT molecular complexity index is 690. The maximum absolute atomic E-state index is 13.1. The lowest BCUT2D eigenvalue weighted by molar-refractivity contribution is 0.0526. The summed E-state index contributed by atoms with van der Waals surface area (Å²) < 4.78 is 18.5. The van der Waals surface area contributed by atoms with Crippen molar-refractivity contribution in [3.8, 4) is 0 Å². The van der Waals surface area contributed by atoms with Gasteiger partial charge in [-0.1, -0.05) is 0 Å². The zero-order chi connectivity index (χ0) is 15.4. The summed E-state index contributed by atoms with van der Waals surface area (Å²) in [5.41, 5.74) is 0.352. The van der Waals surface area contributed by atoms with E-state index in [1.54, 1.807) is 6.92 Å². The average molecular weight is 373 g/mol. The molecule has 5 nitrogen and oxygen atoms in total. The third-order valence-electron chi connectivity index (χ3n) is 2.36. The first-order valence-electron chi connectivity index (χ1n) is 5.90. The highest BCUT2D eigenvalue weighted by Gasteiger charge is 2.17. The van der Waals surface area contributed by atoms with Crippen LogP contribution in [0.15, 0.2) is 28.1 Å². The Hall–Kier alpha value is -1.80. The molecule has 2 aromatic rings. The summed E-state index contributed by atoms with van der Waals surface area (Å²) in [6.45, 7) is 1.91. The van der Waals surface area contributed by atoms with Gasteiger partial charge in [-0.25, -0.2) is 14.2 Å². The second-order valence-electron chi connectivity index (χ2n) is 3.84. The van der Waals surface area contributed by atoms with Gasteiger partial charge in [0.2, 0.25) is 5.01 Å². The number of aromatic nitrogens is 1. The van der Waals surface area contributed by atoms with E-state index in [4.69, 9.17) is 4.74 Å². The molecule has 0 aliphatic carbocycles. The molecular formula is C13H10BrFN2O3S. The highest BCUT2D eigenvalue weighted by atomic mass is 79.9. The van der Waals surface area contributed by atoms with Crippen molar-refractivity contribution < 1.29 is 18.7 Å². The summed E-state index contributed by atoms with van der Waals surface area (Å²) in [6, 6.07) is 3.93. The van der Waals surface area contributed by atoms with Gasteiger partial charge in [0.05, 0.1) is 12.3 Å². The molecule has 110 valence electrons. The van der Waals surface area contributed by atoms with Gasteiger partial charge in [-0.3, -0.25) is 4.79 Å². The Labute approximate surface area is 132 Å². The van der Waals surface area contributed by atoms with E-state index < -0.39 is 17.7 Å². The standard InChI is InChI=1S/C13H10BrFN2O3S/c1-2-20-13(19)12-17-10(6-21-12)11(18)16-9-5-7(15)3-4-8(9)14/h3-6H,2H2,1H3,(H,16,18). The van der Waals surface area contributed by atoms with Gasteiger partial charge in [-0.05, 0) is 41.1 Å². The molecule has 0 aliphatic rings. The van der Waals surface area contributed by atoms with Gasteiger partial charge in [-0.15, -0.1) is 11.3 Å². The van der Waals surface area contributed by atoms with Crippen LogP contribution in [0.1, 0.15) is 27.2 Å². The fourth-order valence-corrected chi connectivity index (χ4v) is 2.48. The maximum atomic E-state index is 13.1. The maximum Gasteiger partial charge on any atom is 0.367 e. The second-order valence-corrected chi connectivity index (χ2v) is 5.55. The molecule has 1 amide bonds. The molecule has 0 unspecified atom stereocenters. The van der Waals surface area contributed by atoms with Crippen molar-refractivity contribution in [1.29, 1.82) is 0 Å². The van der Waals surface area contributed by atoms with Crippen LogP contribution in [0.5, 0.6) is 0 Å². The Morgan fingerprint density at radius 2 is 2.24 bits per heavy atom. The van der Waals surface area contributed by atoms with Crippen LogP contribution in [0.25, 0.3) is 0 Å². The molecule has 1 heterocycles. The van der Waals surface area contributed by atoms with Crippen LogP contribution in [-0.2, 0) is 4.74 Å². The van der Waals surface area contributed by atoms with Crippen molar-refractivity contribution in [2.45, 2.75) is 6.92 Å². The van der Waals surface area contributed by atoms with E-state index in [0.717, 1.165) is 11.3 Å². The molecule has 0 aliphatic heterocycles. The van der Waals surface area contributed by atoms with Crippen LogP contribution in [0.2, 0.25) is 0 Å². The first-order valence-corrected chi connectivity index (χ1v) is 7.57. The van der Waals surface area contributed by atoms with Gasteiger partial charge >= 0.3 is 5.97 Å². The molecule has 0 radical (unpaired) electrons. The SMILES string of the molecule is CCOC(=O)c1nc(C(=O)Nc2cc(F)ccc2Br)cs1. The Balaban J connectivity index is 2.14. The molecule has 0 fully saturated rings. The molecular weight excluding hydrogens is 363 g/mol. The summed E-state index contributed by atoms with van der Waals surface area (Å²) >= 11 is 4.22. The van der Waals surface area contributed by atoms with Crippen molar-refractivity contribution in [2.75, 3.05) is 11.9 Å². The number of nitrogens with one attached hydrogen (secondary N) is 1. The molecule has 0 bridgehead atoms. The lowest BCUT2D eigenvalue weighted by Gasteiger charge is -2.05. The number of esters is 1. The minimum absolute atomic E-state index is 0.0687. The first-order chi connectivity index (χ1) is 10.0. The molecule has 1 aromatic heterocycles. The smallest absolute Gasteiger partial charge is 0.367 e. The molecule has 0 saturated heterocycles. The van der Waals surface area contributed by atoms with Gasteiger partial charge in [0, 0.05) is 9.85 Å². The summed E-state index contributed by atoms with van der Waals surface area (Å²) in [6.07, 6.45) is 0. The zero-order valence-electron chi connectivity index (χ0n) is 10.9. The largest absolute Gasteiger partial charge is 0.461 e. The summed E-state index contributed by atoms with van der Waals surface area (Å²) in [5.74, 6) is -1.58. The van der Waals surface area contributed by atoms with Crippen molar-refractivity contribution in [1.82, 2.24) is 4.98 Å². The first kappa shape index (κ1) is 15.6. The summed E-state index contributed by atoms with van der Waals surface area (Å²) in [4.78, 5) is 27.4. The number of hydrogen-bond acceptors (Lipinski definition) is 5. The number of halogens is 2. The van der Waals surface area contributed by atoms with Crippen molar-refractivity contribution in [2.24, 2.45) is 0 Å². The number of benzene rings is 1. The number of hydrogen-bond donors (Lipinski definition) is 1. The molecule has 0 atom stereocenters. The normalized spacial score (nSPS) is 10.2. The lowest BCUT2D eigenvalue weighted by Crippen LogP contribution is -2.13. The van der Waals surface area contributed by atoms with Gasteiger partial charge < -0.3 is 10.1 Å². The van der Waals surface area contributed by atoms with E-state index in [1.165, 1.54) is 23.6 Å². The number of amides is 1. The van der Waals surface area contributed by atoms with Crippen molar-refractivity contribution in [3.63, 3.8) is 0 Å². The number of nitrogens with zero attached hydrogens (tertiary/aromatic N) is 1. The predicted octanol–water partition coefficient (Wildman–Crippen LogP) is 3.47. The number of carbonyl (C=O) groups is 2. The van der Waals surface area contributed by atoms with E-state index in [0.29, 0.717) is 4.47 Å². The molecule has 0 saturated carbocycles. The summed E-state index contributed by atoms with van der Waals surface area (Å²) in [5, 5.41) is 4.05. The fraction of sp³-hybridized carbons (Fsp3) is 0.154. The van der Waals surface area contributed by atoms with Crippen LogP contribution in [-0.4, -0.2) is 23.5 Å². The topological polar surface area (TPSA) is 68.3 Å². The third-order valence-corrected chi connectivity index (χ3v) is 3.88. The Morgan fingerprint density at radius 1 is 1.48 bits per heavy atom. The Kier molecular flexibility index (Phi) is 5.03. The number of rotatable bonds is 4. The average Bonchev–Trinajstić information content (AvgIpc) is 2.93. The lowest BCUT2D eigenvalue weighted by atomic mass is 10.3. The summed E-state index contributed by atoms with van der Waals surface area (Å²) in [7, 11) is 0. The minimum Gasteiger partial charge on any atom is -0.461 e. The van der Waals surface area contributed by atoms with E-state index in [9.17, 15) is 14.0 Å². The van der Waals surface area contributed by atoms with Crippen LogP contribution in [0, 0.1) is 5.82 Å². The van der Waals surface area contributed by atoms with E-state index in [2.05, 4.69) is 26.2 Å². The number of ether oxygens (including phenoxy) is 1. The monoisotopic (exact) mass is 372 g/mol. The number of carbonyl (C=O) groups excluding carboxylic acids is 2. The van der Waals surface area contributed by atoms with Crippen LogP contribution in [0.3, 0.4) is 0 Å². The molecule has 2 rings (SSSR count).